The van der Waals surface area contributed by atoms with Gasteiger partial charge in [0.15, 0.2) is 0 Å². The SMILES string of the molecule is [CH3-].[CH3-].[Sc].c1ccc2c(c1)[cH-]c1ccccc12.c1ccc2c(c1)[cH-]c1ccccc12. The average Bonchev–Trinajstić information content (AvgIpc) is 3.27. The Hall–Kier alpha value is -2.51. The molecule has 29 heavy (non-hydrogen) atoms. The molecule has 143 valence electrons. The Kier molecular flexibility index (Phi) is 7.70. The first-order valence-electron chi connectivity index (χ1n) is 8.96. The predicted octanol–water partition coefficient (Wildman–Crippen LogP) is 8.32. The Bertz CT molecular complexity index is 1130. The van der Waals surface area contributed by atoms with Crippen molar-refractivity contribution in [2.75, 3.05) is 0 Å². The van der Waals surface area contributed by atoms with Crippen LogP contribution in [-0.2, 0) is 25.8 Å². The van der Waals surface area contributed by atoms with Gasteiger partial charge in [0.1, 0.15) is 0 Å². The van der Waals surface area contributed by atoms with Gasteiger partial charge in [-0.15, -0.1) is 79.5 Å². The molecule has 0 aromatic heterocycles. The number of rotatable bonds is 0. The molecule has 1 heteroatoms. The van der Waals surface area contributed by atoms with Crippen molar-refractivity contribution in [3.05, 3.63) is 124 Å². The van der Waals surface area contributed by atoms with Crippen molar-refractivity contribution in [2.45, 2.75) is 0 Å². The zero-order chi connectivity index (χ0) is 17.3. The molecule has 0 aliphatic heterocycles. The molecular formula is C28H24Sc-4. The first kappa shape index (κ1) is 22.8. The first-order chi connectivity index (χ1) is 12.9. The minimum atomic E-state index is 0. The molecule has 0 spiro atoms. The molecule has 0 saturated carbocycles. The van der Waals surface area contributed by atoms with E-state index in [2.05, 4.69) is 109 Å². The van der Waals surface area contributed by atoms with Crippen LogP contribution >= 0.6 is 0 Å². The average molecular weight is 405 g/mol. The Morgan fingerprint density at radius 1 is 0.345 bits per heavy atom. The molecule has 6 rings (SSSR count). The number of benzene rings is 4. The summed E-state index contributed by atoms with van der Waals surface area (Å²) in [5, 5.41) is 10.8. The maximum Gasteiger partial charge on any atom is 0 e. The molecule has 6 aromatic carbocycles. The van der Waals surface area contributed by atoms with Crippen LogP contribution < -0.4 is 0 Å². The van der Waals surface area contributed by atoms with Crippen LogP contribution in [0.25, 0.3) is 43.1 Å². The molecule has 0 saturated heterocycles. The van der Waals surface area contributed by atoms with Gasteiger partial charge in [-0.1, -0.05) is 72.8 Å². The van der Waals surface area contributed by atoms with Gasteiger partial charge in [0.2, 0.25) is 0 Å². The Morgan fingerprint density at radius 3 is 0.793 bits per heavy atom. The largest absolute Gasteiger partial charge is 0.358 e. The monoisotopic (exact) mass is 405 g/mol. The molecule has 0 atom stereocenters. The molecule has 0 bridgehead atoms. The first-order valence-corrected chi connectivity index (χ1v) is 8.96. The third-order valence-electron chi connectivity index (χ3n) is 5.05. The normalized spacial score (nSPS) is 9.93. The molecule has 6 aromatic rings. The molecule has 0 fully saturated rings. The van der Waals surface area contributed by atoms with Crippen molar-refractivity contribution >= 4 is 43.1 Å². The summed E-state index contributed by atoms with van der Waals surface area (Å²) in [7, 11) is 0. The summed E-state index contributed by atoms with van der Waals surface area (Å²) in [5.74, 6) is 0. The van der Waals surface area contributed by atoms with Crippen molar-refractivity contribution in [3.63, 3.8) is 0 Å². The summed E-state index contributed by atoms with van der Waals surface area (Å²) >= 11 is 0. The number of hydrogen-bond donors (Lipinski definition) is 0. The van der Waals surface area contributed by atoms with Crippen LogP contribution in [0, 0.1) is 14.9 Å². The van der Waals surface area contributed by atoms with Crippen LogP contribution in [-0.4, -0.2) is 0 Å². The van der Waals surface area contributed by atoms with Gasteiger partial charge in [0.05, 0.1) is 0 Å². The number of fused-ring (bicyclic) bond motifs is 6. The number of hydrogen-bond acceptors (Lipinski definition) is 0. The van der Waals surface area contributed by atoms with Gasteiger partial charge in [-0.25, -0.2) is 0 Å². The van der Waals surface area contributed by atoms with E-state index in [1.54, 1.807) is 0 Å². The zero-order valence-corrected chi connectivity index (χ0v) is 18.8. The predicted molar refractivity (Wildman–Crippen MR) is 127 cm³/mol. The fourth-order valence-electron chi connectivity index (χ4n) is 3.81. The molecule has 0 nitrogen and oxygen atoms in total. The smallest absolute Gasteiger partial charge is 0 e. The Balaban J connectivity index is 0.000000187. The van der Waals surface area contributed by atoms with E-state index in [4.69, 9.17) is 0 Å². The zero-order valence-electron chi connectivity index (χ0n) is 17.0. The van der Waals surface area contributed by atoms with Crippen molar-refractivity contribution < 1.29 is 25.8 Å². The van der Waals surface area contributed by atoms with E-state index in [1.165, 1.54) is 43.1 Å². The van der Waals surface area contributed by atoms with Crippen LogP contribution in [0.15, 0.2) is 109 Å². The van der Waals surface area contributed by atoms with Crippen LogP contribution in [0.3, 0.4) is 0 Å². The van der Waals surface area contributed by atoms with E-state index >= 15 is 0 Å². The maximum absolute atomic E-state index is 2.24. The maximum atomic E-state index is 2.24. The molecule has 0 aliphatic carbocycles. The summed E-state index contributed by atoms with van der Waals surface area (Å²) in [6, 6.07) is 38.5. The van der Waals surface area contributed by atoms with Crippen LogP contribution in [0.1, 0.15) is 0 Å². The second-order valence-electron chi connectivity index (χ2n) is 6.64. The minimum absolute atomic E-state index is 0. The van der Waals surface area contributed by atoms with E-state index in [0.717, 1.165) is 0 Å². The Morgan fingerprint density at radius 2 is 0.552 bits per heavy atom. The van der Waals surface area contributed by atoms with Crippen LogP contribution in [0.2, 0.25) is 0 Å². The molecule has 0 unspecified atom stereocenters. The minimum Gasteiger partial charge on any atom is -0.358 e. The van der Waals surface area contributed by atoms with Crippen molar-refractivity contribution in [3.8, 4) is 0 Å². The van der Waals surface area contributed by atoms with Crippen LogP contribution in [0.5, 0.6) is 0 Å². The molecular weight excluding hydrogens is 381 g/mol. The van der Waals surface area contributed by atoms with Gasteiger partial charge in [-0.05, 0) is 0 Å². The molecule has 0 heterocycles. The van der Waals surface area contributed by atoms with E-state index in [9.17, 15) is 0 Å². The Labute approximate surface area is 192 Å². The van der Waals surface area contributed by atoms with Crippen molar-refractivity contribution in [1.82, 2.24) is 0 Å². The van der Waals surface area contributed by atoms with Gasteiger partial charge in [-0.2, -0.15) is 0 Å². The molecule has 1 radical (unpaired) electrons. The fraction of sp³-hybridized carbons (Fsp3) is 0. The molecule has 0 N–H and O–H groups in total. The van der Waals surface area contributed by atoms with Gasteiger partial charge >= 0.3 is 0 Å². The second kappa shape index (κ2) is 9.80. The van der Waals surface area contributed by atoms with Gasteiger partial charge < -0.3 is 14.9 Å². The van der Waals surface area contributed by atoms with Crippen molar-refractivity contribution in [2.24, 2.45) is 0 Å². The summed E-state index contributed by atoms with van der Waals surface area (Å²) in [4.78, 5) is 0. The second-order valence-corrected chi connectivity index (χ2v) is 6.64. The van der Waals surface area contributed by atoms with E-state index in [-0.39, 0.29) is 40.7 Å². The molecule has 0 aliphatic rings. The third-order valence-corrected chi connectivity index (χ3v) is 5.05. The summed E-state index contributed by atoms with van der Waals surface area (Å²) in [6.07, 6.45) is 0. The van der Waals surface area contributed by atoms with Gasteiger partial charge in [0, 0.05) is 25.8 Å². The van der Waals surface area contributed by atoms with E-state index in [1.807, 2.05) is 0 Å². The van der Waals surface area contributed by atoms with E-state index < -0.39 is 0 Å². The summed E-state index contributed by atoms with van der Waals surface area (Å²) < 4.78 is 0. The summed E-state index contributed by atoms with van der Waals surface area (Å²) in [6.45, 7) is 0. The standard InChI is InChI=1S/2C13H9.2CH3.Sc/c2*1-3-7-12-10(5-1)9-11-6-2-4-8-13(11)12;;;/h2*1-9H;2*1H3;/q4*-1;. The third kappa shape index (κ3) is 4.26. The summed E-state index contributed by atoms with van der Waals surface area (Å²) in [5.41, 5.74) is 0. The van der Waals surface area contributed by atoms with Gasteiger partial charge in [-0.3, -0.25) is 0 Å². The van der Waals surface area contributed by atoms with E-state index in [0.29, 0.717) is 0 Å². The van der Waals surface area contributed by atoms with Crippen molar-refractivity contribution in [1.29, 1.82) is 0 Å². The fourth-order valence-corrected chi connectivity index (χ4v) is 3.81. The topological polar surface area (TPSA) is 0 Å². The quantitative estimate of drug-likeness (QED) is 0.223. The van der Waals surface area contributed by atoms with Gasteiger partial charge in [0.25, 0.3) is 0 Å². The molecule has 0 amide bonds. The van der Waals surface area contributed by atoms with Crippen LogP contribution in [0.4, 0.5) is 0 Å².